The summed E-state index contributed by atoms with van der Waals surface area (Å²) in [6.45, 7) is 18.0. The molecule has 0 saturated carbocycles. The van der Waals surface area contributed by atoms with Crippen molar-refractivity contribution in [2.45, 2.75) is 74.2 Å². The molecule has 0 fully saturated rings. The van der Waals surface area contributed by atoms with Crippen LogP contribution in [-0.4, -0.2) is 5.92 Å². The first-order chi connectivity index (χ1) is 23.2. The first-order valence-electron chi connectivity index (χ1n) is 17.1. The average molecular weight is 781 g/mol. The molecule has 8 heteroatoms. The number of fused-ring (bicyclic) bond motifs is 2. The van der Waals surface area contributed by atoms with Crippen molar-refractivity contribution in [3.8, 4) is 22.3 Å². The number of hydrogen-bond donors (Lipinski definition) is 0. The third kappa shape index (κ3) is 6.60. The second-order valence-electron chi connectivity index (χ2n) is 15.9. The molecule has 0 aromatic heterocycles. The summed E-state index contributed by atoms with van der Waals surface area (Å²) in [5.74, 6) is -1.43. The quantitative estimate of drug-likeness (QED) is 0.140. The second-order valence-corrected chi connectivity index (χ2v) is 36.0. The van der Waals surface area contributed by atoms with Crippen LogP contribution in [0.2, 0.25) is 13.1 Å². The third-order valence-electron chi connectivity index (χ3n) is 10.2. The van der Waals surface area contributed by atoms with E-state index in [1.807, 2.05) is 24.3 Å². The van der Waals surface area contributed by atoms with Gasteiger partial charge in [0.1, 0.15) is 0 Å². The molecule has 2 atom stereocenters. The molecule has 0 aliphatic heterocycles. The van der Waals surface area contributed by atoms with Gasteiger partial charge in [-0.3, -0.25) is 0 Å². The molecule has 0 amide bonds. The molecule has 0 saturated heterocycles. The molecular weight excluding hydrogens is 738 g/mol. The van der Waals surface area contributed by atoms with Crippen molar-refractivity contribution in [3.63, 3.8) is 0 Å². The summed E-state index contributed by atoms with van der Waals surface area (Å²) in [6.07, 6.45) is -4.62. The summed E-state index contributed by atoms with van der Waals surface area (Å²) in [7, 11) is 0. The first-order valence-corrected chi connectivity index (χ1v) is 27.1. The van der Waals surface area contributed by atoms with Crippen LogP contribution in [0.25, 0.3) is 34.4 Å². The molecule has 0 heterocycles. The fourth-order valence-corrected chi connectivity index (χ4v) is 31.6. The zero-order chi connectivity index (χ0) is 36.6. The van der Waals surface area contributed by atoms with Gasteiger partial charge in [0, 0.05) is 0 Å². The van der Waals surface area contributed by atoms with Gasteiger partial charge in [-0.25, -0.2) is 0 Å². The van der Waals surface area contributed by atoms with Gasteiger partial charge in [-0.05, 0) is 0 Å². The van der Waals surface area contributed by atoms with E-state index >= 15 is 0 Å². The molecule has 0 N–H and O–H groups in total. The zero-order valence-electron chi connectivity index (χ0n) is 29.7. The Kier molecular flexibility index (Phi) is 9.51. The van der Waals surface area contributed by atoms with Crippen LogP contribution in [-0.2, 0) is 33.3 Å². The molecule has 0 spiro atoms. The maximum atomic E-state index is 14.3. The molecule has 4 aromatic carbocycles. The minimum absolute atomic E-state index is 0.116. The normalized spacial score (nSPS) is 17.8. The molecule has 2 aliphatic rings. The van der Waals surface area contributed by atoms with E-state index in [0.29, 0.717) is 11.1 Å². The van der Waals surface area contributed by atoms with Crippen molar-refractivity contribution in [1.29, 1.82) is 0 Å². The average Bonchev–Trinajstić information content (AvgIpc) is 3.60. The minimum atomic E-state index is -4.50. The Balaban J connectivity index is 1.60. The van der Waals surface area contributed by atoms with Gasteiger partial charge in [0.25, 0.3) is 0 Å². The number of hydrogen-bond acceptors (Lipinski definition) is 0. The van der Waals surface area contributed by atoms with Gasteiger partial charge in [-0.1, -0.05) is 0 Å². The summed E-state index contributed by atoms with van der Waals surface area (Å²) in [5.41, 5.74) is 6.27. The molecule has 2 unspecified atom stereocenters. The van der Waals surface area contributed by atoms with Gasteiger partial charge >= 0.3 is 302 Å². The number of benzene rings is 4. The van der Waals surface area contributed by atoms with Gasteiger partial charge in [-0.2, -0.15) is 0 Å². The van der Waals surface area contributed by atoms with Crippen LogP contribution in [0, 0.1) is 10.8 Å². The maximum absolute atomic E-state index is 14.3. The third-order valence-corrected chi connectivity index (χ3v) is 31.7. The summed E-state index contributed by atoms with van der Waals surface area (Å²) < 4.78 is 86.3. The van der Waals surface area contributed by atoms with Crippen molar-refractivity contribution in [2.75, 3.05) is 0 Å². The Morgan fingerprint density at radius 2 is 0.820 bits per heavy atom. The van der Waals surface area contributed by atoms with Crippen LogP contribution < -0.4 is 0 Å². The predicted molar refractivity (Wildman–Crippen MR) is 193 cm³/mol. The SMILES string of the molecule is C[SiH](C)[Zr]([CH]1C(C(C)(C)C)=Cc2c(-c3ccccc3C(F)(F)F)cccc21)[CH]1C(C(C)(C)C)=Cc2c(-c3ccccc3C(F)(F)F)cccc21. The van der Waals surface area contributed by atoms with Crippen LogP contribution in [0.1, 0.15) is 82.2 Å². The number of rotatable bonds is 5. The van der Waals surface area contributed by atoms with Crippen LogP contribution in [0.5, 0.6) is 0 Å². The van der Waals surface area contributed by atoms with E-state index in [2.05, 4.69) is 78.9 Å². The van der Waals surface area contributed by atoms with E-state index in [1.54, 1.807) is 24.3 Å². The van der Waals surface area contributed by atoms with E-state index in [0.717, 1.165) is 34.4 Å². The molecule has 50 heavy (non-hydrogen) atoms. The number of alkyl halides is 6. The summed E-state index contributed by atoms with van der Waals surface area (Å²) in [4.78, 5) is 0. The standard InChI is InChI=1S/2C20H18F3.C2H7Si.Zr/c2*1-19(2,3)14-11-13-7-6-9-15(17(13)12-14)16-8-4-5-10-18(16)20(21,22)23;1-3-2;/h2*4-12H,1-3H3;3H,1-2H3;. The predicted octanol–water partition coefficient (Wildman–Crippen LogP) is 13.3. The van der Waals surface area contributed by atoms with E-state index < -0.39 is 50.3 Å². The topological polar surface area (TPSA) is 0 Å². The summed E-state index contributed by atoms with van der Waals surface area (Å²) in [5, 5.41) is 0. The van der Waals surface area contributed by atoms with Gasteiger partial charge in [0.05, 0.1) is 0 Å². The van der Waals surface area contributed by atoms with Crippen LogP contribution in [0.3, 0.4) is 0 Å². The Morgan fingerprint density at radius 3 is 1.14 bits per heavy atom. The van der Waals surface area contributed by atoms with Gasteiger partial charge < -0.3 is 0 Å². The Hall–Kier alpha value is -2.96. The Morgan fingerprint density at radius 1 is 0.480 bits per heavy atom. The zero-order valence-corrected chi connectivity index (χ0v) is 33.4. The number of allylic oxidation sites excluding steroid dienone is 2. The molecule has 6 rings (SSSR count). The van der Waals surface area contributed by atoms with Crippen LogP contribution in [0.4, 0.5) is 26.3 Å². The fourth-order valence-electron chi connectivity index (χ4n) is 8.06. The van der Waals surface area contributed by atoms with Crippen molar-refractivity contribution in [3.05, 3.63) is 129 Å². The van der Waals surface area contributed by atoms with Crippen LogP contribution >= 0.6 is 0 Å². The van der Waals surface area contributed by atoms with E-state index in [-0.39, 0.29) is 29.2 Å². The fraction of sp³-hybridized carbons (Fsp3) is 0.333. The van der Waals surface area contributed by atoms with E-state index in [1.165, 1.54) is 23.3 Å². The molecule has 0 bridgehead atoms. The van der Waals surface area contributed by atoms with E-state index in [9.17, 15) is 26.3 Å². The van der Waals surface area contributed by atoms with Gasteiger partial charge in [0.15, 0.2) is 0 Å². The molecule has 0 nitrogen and oxygen atoms in total. The Bertz CT molecular complexity index is 1860. The second kappa shape index (κ2) is 12.9. The molecule has 261 valence electrons. The van der Waals surface area contributed by atoms with Crippen LogP contribution in [0.15, 0.2) is 96.1 Å². The molecular formula is C42H43F6SiZr. The first kappa shape index (κ1) is 36.8. The molecule has 0 radical (unpaired) electrons. The van der Waals surface area contributed by atoms with Gasteiger partial charge in [-0.15, -0.1) is 0 Å². The van der Waals surface area contributed by atoms with Crippen molar-refractivity contribution >= 4 is 18.1 Å². The Labute approximate surface area is 300 Å². The van der Waals surface area contributed by atoms with Crippen molar-refractivity contribution in [2.24, 2.45) is 10.8 Å². The van der Waals surface area contributed by atoms with Crippen molar-refractivity contribution < 1.29 is 47.3 Å². The molecule has 2 aliphatic carbocycles. The molecule has 4 aromatic rings. The van der Waals surface area contributed by atoms with E-state index in [4.69, 9.17) is 0 Å². The van der Waals surface area contributed by atoms with Crippen molar-refractivity contribution in [1.82, 2.24) is 0 Å². The summed E-state index contributed by atoms with van der Waals surface area (Å²) in [6, 6.07) is 23.3. The summed E-state index contributed by atoms with van der Waals surface area (Å²) >= 11 is -2.82. The van der Waals surface area contributed by atoms with Gasteiger partial charge in [0.2, 0.25) is 0 Å². The monoisotopic (exact) mass is 779 g/mol. The number of halogens is 6.